The van der Waals surface area contributed by atoms with Crippen molar-refractivity contribution in [1.82, 2.24) is 0 Å². The number of methoxy groups -OCH3 is 1. The van der Waals surface area contributed by atoms with Gasteiger partial charge >= 0.3 is 5.97 Å². The molecular formula is C9H16O3. The minimum atomic E-state index is -0.496. The Morgan fingerprint density at radius 3 is 2.67 bits per heavy atom. The van der Waals surface area contributed by atoms with E-state index < -0.39 is 5.97 Å². The van der Waals surface area contributed by atoms with E-state index in [1.165, 1.54) is 7.11 Å². The smallest absolute Gasteiger partial charge is 0.333 e. The number of rotatable bonds is 5. The number of unbranched alkanes of at least 4 members (excludes halogenated alkanes) is 2. The summed E-state index contributed by atoms with van der Waals surface area (Å²) in [5, 5.41) is 9.14. The Morgan fingerprint density at radius 1 is 1.50 bits per heavy atom. The Hall–Kier alpha value is -0.990. The van der Waals surface area contributed by atoms with E-state index in [2.05, 4.69) is 11.7 Å². The molecule has 0 aromatic rings. The maximum atomic E-state index is 10.6. The summed E-state index contributed by atoms with van der Waals surface area (Å²) >= 11 is 0. The van der Waals surface area contributed by atoms with Crippen LogP contribution in [0.5, 0.6) is 0 Å². The van der Waals surface area contributed by atoms with Crippen LogP contribution >= 0.6 is 0 Å². The normalized spacial score (nSPS) is 11.3. The maximum Gasteiger partial charge on any atom is 0.333 e. The van der Waals surface area contributed by atoms with Gasteiger partial charge in [0.15, 0.2) is 0 Å². The van der Waals surface area contributed by atoms with Crippen LogP contribution in [0.4, 0.5) is 0 Å². The predicted octanol–water partition coefficient (Wildman–Crippen LogP) is 2.18. The van der Waals surface area contributed by atoms with E-state index in [1.54, 1.807) is 0 Å². The van der Waals surface area contributed by atoms with Gasteiger partial charge in [0.25, 0.3) is 0 Å². The first kappa shape index (κ1) is 11.0. The SMILES string of the molecule is CCCCCC(O)=CC(=O)OC. The van der Waals surface area contributed by atoms with Crippen molar-refractivity contribution < 1.29 is 14.6 Å². The van der Waals surface area contributed by atoms with Crippen molar-refractivity contribution in [3.8, 4) is 0 Å². The number of aliphatic hydroxyl groups excluding tert-OH is 1. The van der Waals surface area contributed by atoms with Crippen LogP contribution in [0.2, 0.25) is 0 Å². The van der Waals surface area contributed by atoms with Crippen molar-refractivity contribution in [3.63, 3.8) is 0 Å². The van der Waals surface area contributed by atoms with Crippen LogP contribution in [-0.4, -0.2) is 18.2 Å². The van der Waals surface area contributed by atoms with Crippen LogP contribution in [0.1, 0.15) is 32.6 Å². The van der Waals surface area contributed by atoms with Crippen molar-refractivity contribution in [2.24, 2.45) is 0 Å². The predicted molar refractivity (Wildman–Crippen MR) is 46.9 cm³/mol. The Kier molecular flexibility index (Phi) is 6.15. The molecule has 0 aromatic heterocycles. The summed E-state index contributed by atoms with van der Waals surface area (Å²) in [6, 6.07) is 0. The number of hydrogen-bond donors (Lipinski definition) is 1. The molecule has 3 nitrogen and oxygen atoms in total. The molecule has 0 heterocycles. The Morgan fingerprint density at radius 2 is 2.17 bits per heavy atom. The van der Waals surface area contributed by atoms with Gasteiger partial charge in [-0.05, 0) is 6.42 Å². The monoisotopic (exact) mass is 172 g/mol. The van der Waals surface area contributed by atoms with Crippen LogP contribution in [0.15, 0.2) is 11.8 Å². The van der Waals surface area contributed by atoms with E-state index in [4.69, 9.17) is 5.11 Å². The molecule has 12 heavy (non-hydrogen) atoms. The van der Waals surface area contributed by atoms with E-state index in [0.717, 1.165) is 25.3 Å². The second-order valence-electron chi connectivity index (χ2n) is 2.62. The van der Waals surface area contributed by atoms with Gasteiger partial charge < -0.3 is 9.84 Å². The minimum Gasteiger partial charge on any atom is -0.512 e. The van der Waals surface area contributed by atoms with Gasteiger partial charge in [-0.25, -0.2) is 4.79 Å². The average molecular weight is 172 g/mol. The summed E-state index contributed by atoms with van der Waals surface area (Å²) in [4.78, 5) is 10.6. The van der Waals surface area contributed by atoms with Crippen LogP contribution in [-0.2, 0) is 9.53 Å². The zero-order valence-corrected chi connectivity index (χ0v) is 7.67. The van der Waals surface area contributed by atoms with E-state index in [0.29, 0.717) is 6.42 Å². The molecule has 0 radical (unpaired) electrons. The molecule has 1 N–H and O–H groups in total. The minimum absolute atomic E-state index is 0.107. The molecule has 70 valence electrons. The molecule has 0 aromatic carbocycles. The molecule has 0 rings (SSSR count). The lowest BCUT2D eigenvalue weighted by molar-refractivity contribution is -0.135. The van der Waals surface area contributed by atoms with Gasteiger partial charge in [0.1, 0.15) is 0 Å². The highest BCUT2D eigenvalue weighted by atomic mass is 16.5. The van der Waals surface area contributed by atoms with Crippen molar-refractivity contribution in [3.05, 3.63) is 11.8 Å². The molecule has 0 aliphatic heterocycles. The molecule has 0 spiro atoms. The second kappa shape index (κ2) is 6.70. The topological polar surface area (TPSA) is 46.5 Å². The van der Waals surface area contributed by atoms with Crippen LogP contribution < -0.4 is 0 Å². The fourth-order valence-electron chi connectivity index (χ4n) is 0.823. The van der Waals surface area contributed by atoms with E-state index in [9.17, 15) is 4.79 Å². The van der Waals surface area contributed by atoms with Gasteiger partial charge in [0.2, 0.25) is 0 Å². The molecule has 0 fully saturated rings. The van der Waals surface area contributed by atoms with Crippen molar-refractivity contribution >= 4 is 5.97 Å². The summed E-state index contributed by atoms with van der Waals surface area (Å²) in [5.74, 6) is -0.390. The molecular weight excluding hydrogens is 156 g/mol. The highest BCUT2D eigenvalue weighted by molar-refractivity contribution is 5.82. The summed E-state index contributed by atoms with van der Waals surface area (Å²) in [7, 11) is 1.29. The lowest BCUT2D eigenvalue weighted by atomic mass is 10.2. The molecule has 0 aliphatic carbocycles. The van der Waals surface area contributed by atoms with Gasteiger partial charge in [0.05, 0.1) is 18.9 Å². The van der Waals surface area contributed by atoms with Gasteiger partial charge in [0, 0.05) is 6.42 Å². The van der Waals surface area contributed by atoms with Crippen molar-refractivity contribution in [2.45, 2.75) is 32.6 Å². The zero-order valence-electron chi connectivity index (χ0n) is 7.67. The molecule has 3 heteroatoms. The summed E-state index contributed by atoms with van der Waals surface area (Å²) in [6.45, 7) is 2.08. The molecule has 0 aliphatic rings. The molecule has 0 saturated heterocycles. The molecule has 0 unspecified atom stereocenters. The van der Waals surface area contributed by atoms with Gasteiger partial charge in [-0.1, -0.05) is 19.8 Å². The maximum absolute atomic E-state index is 10.6. The van der Waals surface area contributed by atoms with Crippen molar-refractivity contribution in [2.75, 3.05) is 7.11 Å². The van der Waals surface area contributed by atoms with Gasteiger partial charge in [-0.15, -0.1) is 0 Å². The van der Waals surface area contributed by atoms with Gasteiger partial charge in [-0.3, -0.25) is 0 Å². The largest absolute Gasteiger partial charge is 0.512 e. The lowest BCUT2D eigenvalue weighted by Gasteiger charge is -1.98. The van der Waals surface area contributed by atoms with Gasteiger partial charge in [-0.2, -0.15) is 0 Å². The summed E-state index contributed by atoms with van der Waals surface area (Å²) in [6.07, 6.45) is 4.76. The zero-order chi connectivity index (χ0) is 9.40. The summed E-state index contributed by atoms with van der Waals surface area (Å²) in [5.41, 5.74) is 0. The Balaban J connectivity index is 3.62. The average Bonchev–Trinajstić information content (AvgIpc) is 2.05. The third-order valence-corrected chi connectivity index (χ3v) is 1.52. The third-order valence-electron chi connectivity index (χ3n) is 1.52. The first-order valence-electron chi connectivity index (χ1n) is 4.18. The fourth-order valence-corrected chi connectivity index (χ4v) is 0.823. The number of carbonyl (C=O) groups excluding carboxylic acids is 1. The molecule has 0 amide bonds. The summed E-state index contributed by atoms with van der Waals surface area (Å²) < 4.78 is 4.35. The number of aliphatic hydroxyl groups is 1. The third kappa shape index (κ3) is 5.77. The quantitative estimate of drug-likeness (QED) is 0.299. The van der Waals surface area contributed by atoms with Crippen LogP contribution in [0, 0.1) is 0 Å². The highest BCUT2D eigenvalue weighted by Crippen LogP contribution is 2.05. The number of allylic oxidation sites excluding steroid dienone is 1. The highest BCUT2D eigenvalue weighted by Gasteiger charge is 1.98. The van der Waals surface area contributed by atoms with Crippen LogP contribution in [0.25, 0.3) is 0 Å². The number of hydrogen-bond acceptors (Lipinski definition) is 3. The molecule has 0 saturated carbocycles. The number of carbonyl (C=O) groups is 1. The van der Waals surface area contributed by atoms with E-state index >= 15 is 0 Å². The first-order valence-corrected chi connectivity index (χ1v) is 4.18. The molecule has 0 bridgehead atoms. The second-order valence-corrected chi connectivity index (χ2v) is 2.62. The fraction of sp³-hybridized carbons (Fsp3) is 0.667. The van der Waals surface area contributed by atoms with Crippen LogP contribution in [0.3, 0.4) is 0 Å². The van der Waals surface area contributed by atoms with E-state index in [1.807, 2.05) is 0 Å². The van der Waals surface area contributed by atoms with Crippen molar-refractivity contribution in [1.29, 1.82) is 0 Å². The Bertz CT molecular complexity index is 161. The number of ether oxygens (including phenoxy) is 1. The molecule has 0 atom stereocenters. The Labute approximate surface area is 73.0 Å². The standard InChI is InChI=1S/C9H16O3/c1-3-4-5-6-8(10)7-9(11)12-2/h7,10H,3-6H2,1-2H3. The van der Waals surface area contributed by atoms with E-state index in [-0.39, 0.29) is 5.76 Å². The first-order chi connectivity index (χ1) is 5.70. The number of esters is 1. The lowest BCUT2D eigenvalue weighted by Crippen LogP contribution is -1.97.